The van der Waals surface area contributed by atoms with Crippen molar-refractivity contribution in [3.63, 3.8) is 0 Å². The molecule has 0 fully saturated rings. The van der Waals surface area contributed by atoms with Crippen LogP contribution in [0.2, 0.25) is 0 Å². The van der Waals surface area contributed by atoms with Crippen LogP contribution in [-0.2, 0) is 4.79 Å². The minimum absolute atomic E-state index is 0.197. The number of anilines is 1. The monoisotopic (exact) mass is 327 g/mol. The highest BCUT2D eigenvalue weighted by Gasteiger charge is 2.31. The van der Waals surface area contributed by atoms with E-state index < -0.39 is 6.04 Å². The van der Waals surface area contributed by atoms with Gasteiger partial charge in [0.05, 0.1) is 11.8 Å². The van der Waals surface area contributed by atoms with E-state index in [1.165, 1.54) is 0 Å². The Morgan fingerprint density at radius 1 is 1.26 bits per heavy atom. The predicted octanol–water partition coefficient (Wildman–Crippen LogP) is 3.02. The fourth-order valence-electron chi connectivity index (χ4n) is 2.59. The van der Waals surface area contributed by atoms with E-state index in [-0.39, 0.29) is 5.91 Å². The molecular weight excluding hydrogens is 310 g/mol. The van der Waals surface area contributed by atoms with Crippen molar-refractivity contribution in [1.29, 1.82) is 0 Å². The Kier molecular flexibility index (Phi) is 4.16. The van der Waals surface area contributed by atoms with E-state index in [9.17, 15) is 4.79 Å². The van der Waals surface area contributed by atoms with Crippen LogP contribution in [0.1, 0.15) is 24.3 Å². The fourth-order valence-corrected chi connectivity index (χ4v) is 2.86. The van der Waals surface area contributed by atoms with Crippen molar-refractivity contribution in [2.75, 3.05) is 5.32 Å². The van der Waals surface area contributed by atoms with Gasteiger partial charge in [0.1, 0.15) is 11.8 Å². The summed E-state index contributed by atoms with van der Waals surface area (Å²) in [6.07, 6.45) is 1.58. The second-order valence-corrected chi connectivity index (χ2v) is 5.82. The number of carbonyl (C=O) groups excluding carboxylic acids is 1. The third kappa shape index (κ3) is 3.27. The van der Waals surface area contributed by atoms with Crippen molar-refractivity contribution in [3.05, 3.63) is 65.3 Å². The van der Waals surface area contributed by atoms with Gasteiger partial charge >= 0.3 is 0 Å². The standard InChI is InChI=1S/C17H17N3O2S/c1-10-5-3-6-12(9-10)19-16(21)14-11(2)18-17(23)20-15(14)13-7-4-8-22-13/h3-9,15H,1-2H3,(H,19,21)(H2,18,20,23). The Balaban J connectivity index is 1.92. The summed E-state index contributed by atoms with van der Waals surface area (Å²) in [5.41, 5.74) is 3.09. The number of hydrogen-bond acceptors (Lipinski definition) is 3. The molecule has 3 rings (SSSR count). The maximum atomic E-state index is 12.8. The van der Waals surface area contributed by atoms with Gasteiger partial charge in [0.15, 0.2) is 5.11 Å². The number of nitrogens with one attached hydrogen (secondary N) is 3. The first-order chi connectivity index (χ1) is 11.0. The van der Waals surface area contributed by atoms with Crippen LogP contribution in [0.15, 0.2) is 58.3 Å². The number of allylic oxidation sites excluding steroid dienone is 1. The predicted molar refractivity (Wildman–Crippen MR) is 92.8 cm³/mol. The van der Waals surface area contributed by atoms with E-state index in [2.05, 4.69) is 16.0 Å². The van der Waals surface area contributed by atoms with Crippen molar-refractivity contribution in [2.45, 2.75) is 19.9 Å². The lowest BCUT2D eigenvalue weighted by Gasteiger charge is -2.28. The maximum Gasteiger partial charge on any atom is 0.255 e. The summed E-state index contributed by atoms with van der Waals surface area (Å²) in [5, 5.41) is 9.48. The molecule has 1 amide bonds. The molecule has 0 bridgehead atoms. The first-order valence-corrected chi connectivity index (χ1v) is 7.65. The van der Waals surface area contributed by atoms with Gasteiger partial charge in [-0.3, -0.25) is 4.79 Å². The lowest BCUT2D eigenvalue weighted by molar-refractivity contribution is -0.113. The van der Waals surface area contributed by atoms with Crippen molar-refractivity contribution >= 4 is 28.9 Å². The average Bonchev–Trinajstić information content (AvgIpc) is 3.00. The van der Waals surface area contributed by atoms with Crippen molar-refractivity contribution in [1.82, 2.24) is 10.6 Å². The van der Waals surface area contributed by atoms with Crippen LogP contribution < -0.4 is 16.0 Å². The normalized spacial score (nSPS) is 17.5. The highest BCUT2D eigenvalue weighted by molar-refractivity contribution is 7.80. The largest absolute Gasteiger partial charge is 0.467 e. The Labute approximate surface area is 139 Å². The quantitative estimate of drug-likeness (QED) is 0.756. The van der Waals surface area contributed by atoms with Gasteiger partial charge in [-0.05, 0) is 55.9 Å². The second kappa shape index (κ2) is 6.26. The molecule has 118 valence electrons. The number of hydrogen-bond donors (Lipinski definition) is 3. The topological polar surface area (TPSA) is 66.3 Å². The number of rotatable bonds is 3. The zero-order valence-electron chi connectivity index (χ0n) is 12.8. The fraction of sp³-hybridized carbons (Fsp3) is 0.176. The third-order valence-corrected chi connectivity index (χ3v) is 3.84. The van der Waals surface area contributed by atoms with Gasteiger partial charge in [-0.25, -0.2) is 0 Å². The van der Waals surface area contributed by atoms with E-state index in [1.807, 2.05) is 44.2 Å². The van der Waals surface area contributed by atoms with Crippen molar-refractivity contribution in [2.24, 2.45) is 0 Å². The Hall–Kier alpha value is -2.60. The highest BCUT2D eigenvalue weighted by atomic mass is 32.1. The van der Waals surface area contributed by atoms with Crippen molar-refractivity contribution < 1.29 is 9.21 Å². The molecule has 23 heavy (non-hydrogen) atoms. The summed E-state index contributed by atoms with van der Waals surface area (Å²) < 4.78 is 5.46. The highest BCUT2D eigenvalue weighted by Crippen LogP contribution is 2.28. The molecule has 0 saturated carbocycles. The molecule has 1 aromatic heterocycles. The first-order valence-electron chi connectivity index (χ1n) is 7.24. The summed E-state index contributed by atoms with van der Waals surface area (Å²) in [6.45, 7) is 3.81. The summed E-state index contributed by atoms with van der Waals surface area (Å²) >= 11 is 5.19. The molecule has 1 aromatic carbocycles. The van der Waals surface area contributed by atoms with Crippen LogP contribution in [0, 0.1) is 6.92 Å². The summed E-state index contributed by atoms with van der Waals surface area (Å²) in [7, 11) is 0. The first kappa shape index (κ1) is 15.3. The molecule has 1 aliphatic heterocycles. The van der Waals surface area contributed by atoms with E-state index in [1.54, 1.807) is 12.3 Å². The number of aryl methyl sites for hydroxylation is 1. The van der Waals surface area contributed by atoms with Gasteiger partial charge in [-0.1, -0.05) is 12.1 Å². The zero-order valence-corrected chi connectivity index (χ0v) is 13.7. The van der Waals surface area contributed by atoms with Crippen LogP contribution in [-0.4, -0.2) is 11.0 Å². The molecule has 5 nitrogen and oxygen atoms in total. The second-order valence-electron chi connectivity index (χ2n) is 5.41. The number of carbonyl (C=O) groups is 1. The van der Waals surface area contributed by atoms with E-state index >= 15 is 0 Å². The molecule has 0 radical (unpaired) electrons. The van der Waals surface area contributed by atoms with Crippen molar-refractivity contribution in [3.8, 4) is 0 Å². The van der Waals surface area contributed by atoms with Crippen LogP contribution in [0.5, 0.6) is 0 Å². The van der Waals surface area contributed by atoms with Gasteiger partial charge in [-0.15, -0.1) is 0 Å². The summed E-state index contributed by atoms with van der Waals surface area (Å²) in [6, 6.07) is 10.9. The van der Waals surface area contributed by atoms with E-state index in [0.717, 1.165) is 11.3 Å². The Morgan fingerprint density at radius 3 is 2.78 bits per heavy atom. The van der Waals surface area contributed by atoms with E-state index in [4.69, 9.17) is 16.6 Å². The Morgan fingerprint density at radius 2 is 2.09 bits per heavy atom. The number of amides is 1. The summed E-state index contributed by atoms with van der Waals surface area (Å²) in [4.78, 5) is 12.8. The van der Waals surface area contributed by atoms with Gasteiger partial charge in [0.2, 0.25) is 0 Å². The van der Waals surface area contributed by atoms with Gasteiger partial charge in [0, 0.05) is 11.4 Å². The minimum atomic E-state index is -0.413. The molecule has 0 spiro atoms. The lowest BCUT2D eigenvalue weighted by atomic mass is 10.00. The van der Waals surface area contributed by atoms with E-state index in [0.29, 0.717) is 22.1 Å². The van der Waals surface area contributed by atoms with Gasteiger partial charge < -0.3 is 20.4 Å². The Bertz CT molecular complexity index is 781. The average molecular weight is 327 g/mol. The molecule has 0 saturated heterocycles. The SMILES string of the molecule is CC1=C(C(=O)Nc2cccc(C)c2)C(c2ccco2)NC(=S)N1. The number of furan rings is 1. The summed E-state index contributed by atoms with van der Waals surface area (Å²) in [5.74, 6) is 0.444. The molecule has 3 N–H and O–H groups in total. The van der Waals surface area contributed by atoms with Gasteiger partial charge in [0.25, 0.3) is 5.91 Å². The molecule has 0 aliphatic carbocycles. The molecular formula is C17H17N3O2S. The van der Waals surface area contributed by atoms with Crippen LogP contribution in [0.25, 0.3) is 0 Å². The number of thiocarbonyl (C=S) groups is 1. The lowest BCUT2D eigenvalue weighted by Crippen LogP contribution is -2.45. The van der Waals surface area contributed by atoms with Gasteiger partial charge in [-0.2, -0.15) is 0 Å². The van der Waals surface area contributed by atoms with Crippen LogP contribution in [0.3, 0.4) is 0 Å². The molecule has 1 unspecified atom stereocenters. The van der Waals surface area contributed by atoms with Crippen LogP contribution >= 0.6 is 12.2 Å². The molecule has 2 aromatic rings. The van der Waals surface area contributed by atoms with Crippen LogP contribution in [0.4, 0.5) is 5.69 Å². The molecule has 6 heteroatoms. The maximum absolute atomic E-state index is 12.8. The molecule has 1 aliphatic rings. The molecule has 1 atom stereocenters. The smallest absolute Gasteiger partial charge is 0.255 e. The zero-order chi connectivity index (χ0) is 16.4. The minimum Gasteiger partial charge on any atom is -0.467 e. The number of benzene rings is 1. The third-order valence-electron chi connectivity index (χ3n) is 3.62. The molecule has 2 heterocycles.